The molecule has 1 aromatic rings. The number of aromatic carboxylic acids is 1. The lowest BCUT2D eigenvalue weighted by Crippen LogP contribution is -2.31. The molecule has 1 aliphatic rings. The van der Waals surface area contributed by atoms with Crippen LogP contribution in [0.4, 0.5) is 5.69 Å². The van der Waals surface area contributed by atoms with Gasteiger partial charge in [0, 0.05) is 6.54 Å². The predicted octanol–water partition coefficient (Wildman–Crippen LogP) is 2.32. The number of hydrogen-bond donors (Lipinski definition) is 2. The lowest BCUT2D eigenvalue weighted by atomic mass is 10.2. The largest absolute Gasteiger partial charge is 0.478 e. The van der Waals surface area contributed by atoms with Crippen molar-refractivity contribution in [3.63, 3.8) is 0 Å². The van der Waals surface area contributed by atoms with Crippen molar-refractivity contribution >= 4 is 29.2 Å². The molecule has 0 aromatic heterocycles. The van der Waals surface area contributed by atoms with Gasteiger partial charge in [0.05, 0.1) is 22.8 Å². The fourth-order valence-corrected chi connectivity index (χ4v) is 2.16. The van der Waals surface area contributed by atoms with Gasteiger partial charge in [0.1, 0.15) is 0 Å². The molecule has 6 heteroatoms. The maximum atomic E-state index is 11.9. The SMILES string of the molecule is CN(CC(=O)Nc1cc(C(=O)O)ccc1Cl)CC1CC1. The van der Waals surface area contributed by atoms with E-state index in [0.717, 1.165) is 6.54 Å². The van der Waals surface area contributed by atoms with Gasteiger partial charge in [-0.15, -0.1) is 0 Å². The number of rotatable bonds is 6. The third kappa shape index (κ3) is 4.21. The lowest BCUT2D eigenvalue weighted by molar-refractivity contribution is -0.117. The summed E-state index contributed by atoms with van der Waals surface area (Å²) < 4.78 is 0. The van der Waals surface area contributed by atoms with E-state index in [2.05, 4.69) is 5.32 Å². The summed E-state index contributed by atoms with van der Waals surface area (Å²) in [6.45, 7) is 1.18. The minimum Gasteiger partial charge on any atom is -0.478 e. The van der Waals surface area contributed by atoms with E-state index in [9.17, 15) is 9.59 Å². The topological polar surface area (TPSA) is 69.6 Å². The zero-order valence-corrected chi connectivity index (χ0v) is 12.0. The van der Waals surface area contributed by atoms with Gasteiger partial charge < -0.3 is 10.4 Å². The van der Waals surface area contributed by atoms with Gasteiger partial charge >= 0.3 is 5.97 Å². The molecule has 0 atom stereocenters. The van der Waals surface area contributed by atoms with Gasteiger partial charge in [-0.3, -0.25) is 9.69 Å². The Morgan fingerprint density at radius 2 is 2.15 bits per heavy atom. The second-order valence-electron chi connectivity index (χ2n) is 5.19. The quantitative estimate of drug-likeness (QED) is 0.845. The predicted molar refractivity (Wildman–Crippen MR) is 77.3 cm³/mol. The van der Waals surface area contributed by atoms with E-state index in [0.29, 0.717) is 16.6 Å². The first kappa shape index (κ1) is 14.8. The smallest absolute Gasteiger partial charge is 0.335 e. The van der Waals surface area contributed by atoms with Crippen LogP contribution in [-0.2, 0) is 4.79 Å². The highest BCUT2D eigenvalue weighted by Crippen LogP contribution is 2.29. The molecule has 0 bridgehead atoms. The van der Waals surface area contributed by atoms with E-state index in [4.69, 9.17) is 16.7 Å². The van der Waals surface area contributed by atoms with Crippen LogP contribution in [-0.4, -0.2) is 42.0 Å². The third-order valence-electron chi connectivity index (χ3n) is 3.17. The van der Waals surface area contributed by atoms with Crippen molar-refractivity contribution in [1.29, 1.82) is 0 Å². The highest BCUT2D eigenvalue weighted by Gasteiger charge is 2.23. The lowest BCUT2D eigenvalue weighted by Gasteiger charge is -2.16. The Labute approximate surface area is 122 Å². The van der Waals surface area contributed by atoms with Crippen LogP contribution in [0.1, 0.15) is 23.2 Å². The van der Waals surface area contributed by atoms with E-state index in [1.165, 1.54) is 31.0 Å². The van der Waals surface area contributed by atoms with Crippen molar-refractivity contribution < 1.29 is 14.7 Å². The van der Waals surface area contributed by atoms with E-state index < -0.39 is 5.97 Å². The van der Waals surface area contributed by atoms with Crippen LogP contribution in [0.15, 0.2) is 18.2 Å². The first-order valence-corrected chi connectivity index (χ1v) is 6.84. The number of anilines is 1. The number of nitrogens with one attached hydrogen (secondary N) is 1. The number of likely N-dealkylation sites (N-methyl/N-ethyl adjacent to an activating group) is 1. The van der Waals surface area contributed by atoms with Crippen molar-refractivity contribution in [1.82, 2.24) is 4.90 Å². The molecule has 0 saturated heterocycles. The number of carboxylic acid groups (broad SMARTS) is 1. The summed E-state index contributed by atoms with van der Waals surface area (Å²) in [5.74, 6) is -0.535. The maximum Gasteiger partial charge on any atom is 0.335 e. The third-order valence-corrected chi connectivity index (χ3v) is 3.50. The molecule has 0 heterocycles. The summed E-state index contributed by atoms with van der Waals surface area (Å²) >= 11 is 5.95. The van der Waals surface area contributed by atoms with Crippen LogP contribution >= 0.6 is 11.6 Å². The maximum absolute atomic E-state index is 11.9. The number of carbonyl (C=O) groups is 2. The van der Waals surface area contributed by atoms with Gasteiger partial charge in [0.25, 0.3) is 0 Å². The Morgan fingerprint density at radius 3 is 2.75 bits per heavy atom. The Kier molecular flexibility index (Phi) is 4.62. The molecule has 5 nitrogen and oxygen atoms in total. The van der Waals surface area contributed by atoms with Crippen LogP contribution in [0.2, 0.25) is 5.02 Å². The molecule has 1 saturated carbocycles. The molecule has 2 rings (SSSR count). The number of amides is 1. The van der Waals surface area contributed by atoms with Gasteiger partial charge in [0.15, 0.2) is 0 Å². The van der Waals surface area contributed by atoms with Gasteiger partial charge in [-0.25, -0.2) is 4.79 Å². The van der Waals surface area contributed by atoms with Crippen LogP contribution in [0.25, 0.3) is 0 Å². The molecular weight excluding hydrogens is 280 g/mol. The Balaban J connectivity index is 1.95. The first-order valence-electron chi connectivity index (χ1n) is 6.47. The van der Waals surface area contributed by atoms with Gasteiger partial charge in [-0.2, -0.15) is 0 Å². The normalized spacial score (nSPS) is 14.3. The Hall–Kier alpha value is -1.59. The number of nitrogens with zero attached hydrogens (tertiary/aromatic N) is 1. The number of benzene rings is 1. The number of hydrogen-bond acceptors (Lipinski definition) is 3. The summed E-state index contributed by atoms with van der Waals surface area (Å²) in [7, 11) is 1.90. The second kappa shape index (κ2) is 6.24. The van der Waals surface area contributed by atoms with Crippen LogP contribution < -0.4 is 5.32 Å². The number of carboxylic acids is 1. The van der Waals surface area contributed by atoms with E-state index in [1.807, 2.05) is 11.9 Å². The van der Waals surface area contributed by atoms with E-state index >= 15 is 0 Å². The Morgan fingerprint density at radius 1 is 1.45 bits per heavy atom. The highest BCUT2D eigenvalue weighted by molar-refractivity contribution is 6.33. The monoisotopic (exact) mass is 296 g/mol. The number of carbonyl (C=O) groups excluding carboxylic acids is 1. The van der Waals surface area contributed by atoms with Gasteiger partial charge in [0.2, 0.25) is 5.91 Å². The summed E-state index contributed by atoms with van der Waals surface area (Å²) in [4.78, 5) is 24.8. The summed E-state index contributed by atoms with van der Waals surface area (Å²) in [6.07, 6.45) is 2.47. The molecule has 0 unspecified atom stereocenters. The molecule has 2 N–H and O–H groups in total. The van der Waals surface area contributed by atoms with E-state index in [-0.39, 0.29) is 18.0 Å². The molecule has 0 radical (unpaired) electrons. The molecule has 0 aliphatic heterocycles. The molecule has 1 aromatic carbocycles. The molecule has 1 fully saturated rings. The number of halogens is 1. The van der Waals surface area contributed by atoms with Crippen molar-refractivity contribution in [3.8, 4) is 0 Å². The molecule has 1 amide bonds. The van der Waals surface area contributed by atoms with E-state index in [1.54, 1.807) is 0 Å². The van der Waals surface area contributed by atoms with Crippen LogP contribution in [0.5, 0.6) is 0 Å². The highest BCUT2D eigenvalue weighted by atomic mass is 35.5. The van der Waals surface area contributed by atoms with Crippen molar-refractivity contribution in [3.05, 3.63) is 28.8 Å². The van der Waals surface area contributed by atoms with Gasteiger partial charge in [-0.05, 0) is 44.0 Å². The van der Waals surface area contributed by atoms with Gasteiger partial charge in [-0.1, -0.05) is 11.6 Å². The zero-order valence-electron chi connectivity index (χ0n) is 11.2. The fraction of sp³-hybridized carbons (Fsp3) is 0.429. The molecule has 108 valence electrons. The molecular formula is C14H17ClN2O3. The van der Waals surface area contributed by atoms with Crippen molar-refractivity contribution in [2.75, 3.05) is 25.5 Å². The minimum atomic E-state index is -1.05. The molecule has 20 heavy (non-hydrogen) atoms. The minimum absolute atomic E-state index is 0.0936. The van der Waals surface area contributed by atoms with Crippen LogP contribution in [0.3, 0.4) is 0 Å². The summed E-state index contributed by atoms with van der Waals surface area (Å²) in [5.41, 5.74) is 0.424. The average molecular weight is 297 g/mol. The fourth-order valence-electron chi connectivity index (χ4n) is 1.99. The van der Waals surface area contributed by atoms with Crippen molar-refractivity contribution in [2.45, 2.75) is 12.8 Å². The van der Waals surface area contributed by atoms with Crippen LogP contribution in [0, 0.1) is 5.92 Å². The Bertz CT molecular complexity index is 529. The first-order chi connectivity index (χ1) is 9.45. The molecule has 0 spiro atoms. The summed E-state index contributed by atoms with van der Waals surface area (Å²) in [5, 5.41) is 11.9. The average Bonchev–Trinajstić information content (AvgIpc) is 3.15. The van der Waals surface area contributed by atoms with Crippen molar-refractivity contribution in [2.24, 2.45) is 5.92 Å². The second-order valence-corrected chi connectivity index (χ2v) is 5.60. The molecule has 1 aliphatic carbocycles. The zero-order chi connectivity index (χ0) is 14.7. The summed E-state index contributed by atoms with van der Waals surface area (Å²) in [6, 6.07) is 4.23. The standard InChI is InChI=1S/C14H17ClN2O3/c1-17(7-9-2-3-9)8-13(18)16-12-6-10(14(19)20)4-5-11(12)15/h4-6,9H,2-3,7-8H2,1H3,(H,16,18)(H,19,20).